The van der Waals surface area contributed by atoms with Crippen LogP contribution in [0.2, 0.25) is 10.0 Å². The average Bonchev–Trinajstić information content (AvgIpc) is 2.25. The Bertz CT molecular complexity index is 589. The lowest BCUT2D eigenvalue weighted by Crippen LogP contribution is -2.18. The molecule has 0 saturated heterocycles. The molecule has 1 rings (SSSR count). The minimum Gasteiger partial charge on any atom is -0.490 e. The summed E-state index contributed by atoms with van der Waals surface area (Å²) in [5.41, 5.74) is 0. The van der Waals surface area contributed by atoms with Crippen LogP contribution in [-0.4, -0.2) is 28.0 Å². The van der Waals surface area contributed by atoms with E-state index in [4.69, 9.17) is 38.6 Å². The summed E-state index contributed by atoms with van der Waals surface area (Å²) in [5, 5.41) is -0.434. The second kappa shape index (κ2) is 6.57. The number of halogens is 6. The normalized spacial score (nSPS) is 12.5. The zero-order chi connectivity index (χ0) is 15.6. The maximum atomic E-state index is 11.7. The molecule has 20 heavy (non-hydrogen) atoms. The van der Waals surface area contributed by atoms with Crippen LogP contribution in [0, 0.1) is 0 Å². The van der Waals surface area contributed by atoms with Crippen LogP contribution in [0.1, 0.15) is 0 Å². The zero-order valence-electron chi connectivity index (χ0n) is 9.38. The molecule has 1 aromatic rings. The molecule has 0 bridgehead atoms. The van der Waals surface area contributed by atoms with E-state index in [9.17, 15) is 21.6 Å². The van der Waals surface area contributed by atoms with E-state index in [-0.39, 0.29) is 15.8 Å². The minimum atomic E-state index is -4.76. The van der Waals surface area contributed by atoms with Gasteiger partial charge in [0.1, 0.15) is 17.3 Å². The summed E-state index contributed by atoms with van der Waals surface area (Å²) in [7, 11) is 1.02. The molecule has 0 aromatic heterocycles. The van der Waals surface area contributed by atoms with Crippen molar-refractivity contribution < 1.29 is 31.1 Å². The van der Waals surface area contributed by atoms with Gasteiger partial charge in [0, 0.05) is 16.7 Å². The zero-order valence-corrected chi connectivity index (χ0v) is 12.5. The molecule has 0 aliphatic carbocycles. The van der Waals surface area contributed by atoms with Gasteiger partial charge in [0.15, 0.2) is 0 Å². The summed E-state index contributed by atoms with van der Waals surface area (Å²) in [6.07, 6.45) is -4.76. The van der Waals surface area contributed by atoms with Gasteiger partial charge in [-0.1, -0.05) is 23.2 Å². The van der Waals surface area contributed by atoms with E-state index in [0.717, 1.165) is 12.1 Å². The topological polar surface area (TPSA) is 52.6 Å². The highest BCUT2D eigenvalue weighted by molar-refractivity contribution is 8.13. The number of benzene rings is 1. The molecular weight excluding hydrogens is 368 g/mol. The molecule has 0 N–H and O–H groups in total. The summed E-state index contributed by atoms with van der Waals surface area (Å²) < 4.78 is 65.7. The van der Waals surface area contributed by atoms with Crippen LogP contribution in [0.3, 0.4) is 0 Å². The van der Waals surface area contributed by atoms with Gasteiger partial charge in [-0.2, -0.15) is 0 Å². The number of hydrogen-bond donors (Lipinski definition) is 0. The van der Waals surface area contributed by atoms with Crippen molar-refractivity contribution in [2.75, 3.05) is 13.2 Å². The maximum Gasteiger partial charge on any atom is 0.522 e. The molecule has 0 unspecified atom stereocenters. The van der Waals surface area contributed by atoms with Gasteiger partial charge in [0.25, 0.3) is 9.05 Å². The fourth-order valence-electron chi connectivity index (χ4n) is 1.12. The molecule has 0 heterocycles. The van der Waals surface area contributed by atoms with E-state index < -0.39 is 33.5 Å². The smallest absolute Gasteiger partial charge is 0.490 e. The first-order valence-corrected chi connectivity index (χ1v) is 7.84. The van der Waals surface area contributed by atoms with Crippen LogP contribution < -0.4 is 4.74 Å². The first kappa shape index (κ1) is 17.6. The van der Waals surface area contributed by atoms with Gasteiger partial charge in [0.2, 0.25) is 0 Å². The Kier molecular flexibility index (Phi) is 5.79. The van der Waals surface area contributed by atoms with Crippen molar-refractivity contribution in [1.29, 1.82) is 0 Å². The molecule has 1 aromatic carbocycles. The van der Waals surface area contributed by atoms with Crippen molar-refractivity contribution in [3.63, 3.8) is 0 Å². The van der Waals surface area contributed by atoms with Gasteiger partial charge in [-0.3, -0.25) is 4.74 Å². The van der Waals surface area contributed by atoms with Gasteiger partial charge >= 0.3 is 6.36 Å². The molecule has 11 heteroatoms. The quantitative estimate of drug-likeness (QED) is 0.581. The number of alkyl halides is 3. The SMILES string of the molecule is O=S(=O)(Cl)c1cc(Cl)c(OCCOC(F)(F)F)cc1Cl. The monoisotopic (exact) mass is 372 g/mol. The summed E-state index contributed by atoms with van der Waals surface area (Å²) >= 11 is 11.4. The molecule has 0 aliphatic heterocycles. The summed E-state index contributed by atoms with van der Waals surface area (Å²) in [5.74, 6) is -0.0912. The predicted molar refractivity (Wildman–Crippen MR) is 67.0 cm³/mol. The lowest BCUT2D eigenvalue weighted by molar-refractivity contribution is -0.325. The van der Waals surface area contributed by atoms with Gasteiger partial charge < -0.3 is 4.74 Å². The Hall–Kier alpha value is -0.410. The minimum absolute atomic E-state index is 0.0912. The Morgan fingerprint density at radius 1 is 1.10 bits per heavy atom. The first-order chi connectivity index (χ1) is 9.00. The third-order valence-electron chi connectivity index (χ3n) is 1.86. The average molecular weight is 374 g/mol. The fourth-order valence-corrected chi connectivity index (χ4v) is 2.91. The molecule has 0 aliphatic rings. The predicted octanol–water partition coefficient (Wildman–Crippen LogP) is 3.84. The van der Waals surface area contributed by atoms with Crippen molar-refractivity contribution in [2.24, 2.45) is 0 Å². The summed E-state index contributed by atoms with van der Waals surface area (Å²) in [4.78, 5) is -0.426. The van der Waals surface area contributed by atoms with E-state index >= 15 is 0 Å². The molecule has 0 spiro atoms. The van der Waals surface area contributed by atoms with E-state index in [1.165, 1.54) is 0 Å². The maximum absolute atomic E-state index is 11.7. The summed E-state index contributed by atoms with van der Waals surface area (Å²) in [6.45, 7) is -1.21. The van der Waals surface area contributed by atoms with Crippen LogP contribution in [0.15, 0.2) is 17.0 Å². The van der Waals surface area contributed by atoms with Crippen LogP contribution >= 0.6 is 33.9 Å². The highest BCUT2D eigenvalue weighted by atomic mass is 35.7. The highest BCUT2D eigenvalue weighted by Gasteiger charge is 2.28. The standard InChI is InChI=1S/C9H6Cl3F3O4S/c10-5-4-8(20(12,16)17)6(11)3-7(5)18-1-2-19-9(13,14)15/h3-4H,1-2H2. The number of ether oxygens (including phenoxy) is 2. The van der Waals surface area contributed by atoms with E-state index in [2.05, 4.69) is 4.74 Å². The molecule has 0 amide bonds. The van der Waals surface area contributed by atoms with Crippen molar-refractivity contribution >= 4 is 42.9 Å². The van der Waals surface area contributed by atoms with Crippen LogP contribution in [-0.2, 0) is 13.8 Å². The van der Waals surface area contributed by atoms with E-state index in [1.54, 1.807) is 0 Å². The number of hydrogen-bond acceptors (Lipinski definition) is 4. The molecule has 114 valence electrons. The van der Waals surface area contributed by atoms with E-state index in [0.29, 0.717) is 0 Å². The van der Waals surface area contributed by atoms with E-state index in [1.807, 2.05) is 0 Å². The second-order valence-corrected chi connectivity index (χ2v) is 6.64. The molecular formula is C9H6Cl3F3O4S. The van der Waals surface area contributed by atoms with Crippen molar-refractivity contribution in [1.82, 2.24) is 0 Å². The molecule has 0 fully saturated rings. The van der Waals surface area contributed by atoms with Crippen LogP contribution in [0.5, 0.6) is 5.75 Å². The van der Waals surface area contributed by atoms with Gasteiger partial charge in [-0.05, 0) is 6.07 Å². The Morgan fingerprint density at radius 3 is 2.20 bits per heavy atom. The third-order valence-corrected chi connectivity index (χ3v) is 3.94. The van der Waals surface area contributed by atoms with Crippen LogP contribution in [0.25, 0.3) is 0 Å². The Balaban J connectivity index is 2.76. The Morgan fingerprint density at radius 2 is 1.70 bits per heavy atom. The highest BCUT2D eigenvalue weighted by Crippen LogP contribution is 2.35. The van der Waals surface area contributed by atoms with Crippen LogP contribution in [0.4, 0.5) is 13.2 Å². The van der Waals surface area contributed by atoms with Gasteiger partial charge in [0.05, 0.1) is 16.7 Å². The van der Waals surface area contributed by atoms with Gasteiger partial charge in [-0.25, -0.2) is 8.42 Å². The molecule has 0 radical (unpaired) electrons. The third kappa shape index (κ3) is 5.53. The molecule has 0 saturated carbocycles. The first-order valence-electron chi connectivity index (χ1n) is 4.78. The van der Waals surface area contributed by atoms with Crippen molar-refractivity contribution in [3.8, 4) is 5.75 Å². The summed E-state index contributed by atoms with van der Waals surface area (Å²) in [6, 6.07) is 1.97. The molecule has 4 nitrogen and oxygen atoms in total. The Labute approximate surface area is 126 Å². The fraction of sp³-hybridized carbons (Fsp3) is 0.333. The van der Waals surface area contributed by atoms with Gasteiger partial charge in [-0.15, -0.1) is 13.2 Å². The number of rotatable bonds is 5. The second-order valence-electron chi connectivity index (χ2n) is 3.29. The lowest BCUT2D eigenvalue weighted by atomic mass is 10.3. The van der Waals surface area contributed by atoms with Crippen molar-refractivity contribution in [3.05, 3.63) is 22.2 Å². The molecule has 0 atom stereocenters. The largest absolute Gasteiger partial charge is 0.522 e. The van der Waals surface area contributed by atoms with Crippen molar-refractivity contribution in [2.45, 2.75) is 11.3 Å². The lowest BCUT2D eigenvalue weighted by Gasteiger charge is -2.11.